The molecule has 0 unspecified atom stereocenters. The van der Waals surface area contributed by atoms with Crippen molar-refractivity contribution < 1.29 is 46.6 Å². The standard InChI is InChI=1S/C29H27FN2O4.C2HF3O2/c1-3-32-26(33)23-24(27(32)34)29(28(35)36-2,17-18-7-5-4-6-8-18)31-25(23)21-11-9-19(10-12-21)20-13-15-22(30)16-14-20;3-2(4,5)1(6)7/h4-16,23-25,31H,3,17H2,1-2H3;(H,6,7)/t23-,24-,25-,29-;/m1./s1. The number of halogens is 4. The van der Waals surface area contributed by atoms with Gasteiger partial charge in [-0.1, -0.05) is 66.7 Å². The first-order chi connectivity index (χ1) is 20.3. The maximum Gasteiger partial charge on any atom is 0.490 e. The van der Waals surface area contributed by atoms with Crippen LogP contribution in [0.4, 0.5) is 17.6 Å². The van der Waals surface area contributed by atoms with Crippen molar-refractivity contribution in [2.24, 2.45) is 11.8 Å². The summed E-state index contributed by atoms with van der Waals surface area (Å²) in [4.78, 5) is 50.5. The van der Waals surface area contributed by atoms with Crippen LogP contribution in [0.3, 0.4) is 0 Å². The Morgan fingerprint density at radius 2 is 1.47 bits per heavy atom. The number of carboxylic acids is 1. The molecule has 2 saturated heterocycles. The highest BCUT2D eigenvalue weighted by molar-refractivity contribution is 6.09. The van der Waals surface area contributed by atoms with Crippen LogP contribution in [0, 0.1) is 17.7 Å². The second-order valence-corrected chi connectivity index (χ2v) is 10.1. The number of benzene rings is 3. The van der Waals surface area contributed by atoms with Gasteiger partial charge in [-0.25, -0.2) is 9.18 Å². The van der Waals surface area contributed by atoms with Crippen LogP contribution < -0.4 is 5.32 Å². The third kappa shape index (κ3) is 6.14. The molecule has 2 amide bonds. The van der Waals surface area contributed by atoms with Crippen LogP contribution in [0.2, 0.25) is 0 Å². The average Bonchev–Trinajstić information content (AvgIpc) is 3.46. The lowest BCUT2D eigenvalue weighted by atomic mass is 9.76. The molecule has 43 heavy (non-hydrogen) atoms. The van der Waals surface area contributed by atoms with Crippen molar-refractivity contribution in [1.82, 2.24) is 10.2 Å². The van der Waals surface area contributed by atoms with Gasteiger partial charge in [0.1, 0.15) is 11.4 Å². The Bertz CT molecular complexity index is 1500. The summed E-state index contributed by atoms with van der Waals surface area (Å²) in [5, 5.41) is 10.5. The molecule has 0 saturated carbocycles. The van der Waals surface area contributed by atoms with Gasteiger partial charge in [0.2, 0.25) is 11.8 Å². The fourth-order valence-corrected chi connectivity index (χ4v) is 5.71. The van der Waals surface area contributed by atoms with E-state index in [2.05, 4.69) is 5.32 Å². The predicted molar refractivity (Wildman–Crippen MR) is 146 cm³/mol. The van der Waals surface area contributed by atoms with E-state index in [1.807, 2.05) is 54.6 Å². The zero-order valence-corrected chi connectivity index (χ0v) is 23.1. The third-order valence-corrected chi connectivity index (χ3v) is 7.63. The van der Waals surface area contributed by atoms with E-state index in [4.69, 9.17) is 14.6 Å². The fourth-order valence-electron chi connectivity index (χ4n) is 5.71. The fraction of sp³-hybridized carbons (Fsp3) is 0.290. The topological polar surface area (TPSA) is 113 Å². The Labute approximate surface area is 244 Å². The molecule has 4 atom stereocenters. The summed E-state index contributed by atoms with van der Waals surface area (Å²) in [6.45, 7) is 2.00. The van der Waals surface area contributed by atoms with Gasteiger partial charge in [0.05, 0.1) is 18.9 Å². The number of nitrogens with one attached hydrogen (secondary N) is 1. The summed E-state index contributed by atoms with van der Waals surface area (Å²) in [5.74, 6) is -5.90. The summed E-state index contributed by atoms with van der Waals surface area (Å²) < 4.78 is 50.3. The SMILES string of the molecule is CCN1C(=O)[C@H]2[C@@H](c3ccc(-c4ccc(F)cc4)cc3)N[C@@](Cc3ccccc3)(C(=O)OC)[C@H]2C1=O.O=C(O)C(F)(F)F. The molecule has 2 aliphatic heterocycles. The van der Waals surface area contributed by atoms with Crippen LogP contribution in [-0.2, 0) is 30.3 Å². The third-order valence-electron chi connectivity index (χ3n) is 7.63. The lowest BCUT2D eigenvalue weighted by Gasteiger charge is -2.32. The molecule has 8 nitrogen and oxygen atoms in total. The molecule has 0 aliphatic carbocycles. The van der Waals surface area contributed by atoms with E-state index in [0.717, 1.165) is 22.3 Å². The number of carbonyl (C=O) groups excluding carboxylic acids is 3. The molecular formula is C31H28F4N2O6. The molecule has 3 aromatic carbocycles. The van der Waals surface area contributed by atoms with Crippen molar-refractivity contribution in [3.05, 3.63) is 95.8 Å². The van der Waals surface area contributed by atoms with Crippen LogP contribution in [0.15, 0.2) is 78.9 Å². The van der Waals surface area contributed by atoms with Gasteiger partial charge < -0.3 is 9.84 Å². The lowest BCUT2D eigenvalue weighted by Crippen LogP contribution is -2.57. The molecule has 5 rings (SSSR count). The number of amides is 2. The number of hydrogen-bond donors (Lipinski definition) is 2. The molecule has 0 bridgehead atoms. The Morgan fingerprint density at radius 1 is 0.930 bits per heavy atom. The molecule has 2 heterocycles. The Balaban J connectivity index is 0.000000541. The van der Waals surface area contributed by atoms with Crippen molar-refractivity contribution in [2.75, 3.05) is 13.7 Å². The van der Waals surface area contributed by atoms with Gasteiger partial charge in [-0.15, -0.1) is 0 Å². The van der Waals surface area contributed by atoms with Gasteiger partial charge in [0.25, 0.3) is 0 Å². The smallest absolute Gasteiger partial charge is 0.475 e. The number of imide groups is 1. The summed E-state index contributed by atoms with van der Waals surface area (Å²) >= 11 is 0. The monoisotopic (exact) mass is 600 g/mol. The van der Waals surface area contributed by atoms with Crippen molar-refractivity contribution in [2.45, 2.75) is 31.1 Å². The first-order valence-corrected chi connectivity index (χ1v) is 13.2. The number of nitrogens with zero attached hydrogens (tertiary/aromatic N) is 1. The molecule has 2 N–H and O–H groups in total. The van der Waals surface area contributed by atoms with Gasteiger partial charge in [-0.2, -0.15) is 13.2 Å². The normalized spacial score (nSPS) is 22.9. The first kappa shape index (κ1) is 31.4. The van der Waals surface area contributed by atoms with Crippen LogP contribution in [0.1, 0.15) is 24.1 Å². The number of hydrogen-bond acceptors (Lipinski definition) is 6. The van der Waals surface area contributed by atoms with Gasteiger partial charge in [-0.3, -0.25) is 24.6 Å². The average molecular weight is 601 g/mol. The van der Waals surface area contributed by atoms with E-state index in [1.54, 1.807) is 19.1 Å². The summed E-state index contributed by atoms with van der Waals surface area (Å²) in [6.07, 6.45) is -4.87. The number of carbonyl (C=O) groups is 4. The largest absolute Gasteiger partial charge is 0.490 e. The van der Waals surface area contributed by atoms with Gasteiger partial charge in [-0.05, 0) is 41.3 Å². The molecule has 0 radical (unpaired) electrons. The van der Waals surface area contributed by atoms with Crippen molar-refractivity contribution >= 4 is 23.8 Å². The van der Waals surface area contributed by atoms with E-state index in [0.29, 0.717) is 0 Å². The van der Waals surface area contributed by atoms with Crippen molar-refractivity contribution in [1.29, 1.82) is 0 Å². The Morgan fingerprint density at radius 3 is 1.95 bits per heavy atom. The number of likely N-dealkylation sites (tertiary alicyclic amines) is 1. The minimum atomic E-state index is -5.08. The summed E-state index contributed by atoms with van der Waals surface area (Å²) in [6, 6.07) is 22.6. The number of methoxy groups -OCH3 is 1. The second-order valence-electron chi connectivity index (χ2n) is 10.1. The predicted octanol–water partition coefficient (Wildman–Crippen LogP) is 4.55. The van der Waals surface area contributed by atoms with Crippen molar-refractivity contribution in [3.63, 3.8) is 0 Å². The molecule has 0 spiro atoms. The highest BCUT2D eigenvalue weighted by Gasteiger charge is 2.68. The number of fused-ring (bicyclic) bond motifs is 1. The van der Waals surface area contributed by atoms with E-state index in [-0.39, 0.29) is 30.6 Å². The minimum absolute atomic E-state index is 0.211. The maximum absolute atomic E-state index is 13.5. The number of aliphatic carboxylic acids is 1. The Hall–Kier alpha value is -4.58. The highest BCUT2D eigenvalue weighted by atomic mass is 19.4. The van der Waals surface area contributed by atoms with Crippen LogP contribution in [0.5, 0.6) is 0 Å². The molecule has 226 valence electrons. The van der Waals surface area contributed by atoms with Crippen LogP contribution >= 0.6 is 0 Å². The molecule has 2 fully saturated rings. The van der Waals surface area contributed by atoms with Gasteiger partial charge >= 0.3 is 18.1 Å². The number of esters is 1. The van der Waals surface area contributed by atoms with E-state index in [9.17, 15) is 31.9 Å². The van der Waals surface area contributed by atoms with Crippen LogP contribution in [-0.4, -0.2) is 59.1 Å². The summed E-state index contributed by atoms with van der Waals surface area (Å²) in [7, 11) is 1.30. The minimum Gasteiger partial charge on any atom is -0.475 e. The highest BCUT2D eigenvalue weighted by Crippen LogP contribution is 2.50. The Kier molecular flexibility index (Phi) is 9.00. The molecular weight excluding hydrogens is 572 g/mol. The first-order valence-electron chi connectivity index (χ1n) is 13.2. The number of ether oxygens (including phenoxy) is 1. The zero-order valence-electron chi connectivity index (χ0n) is 23.1. The van der Waals surface area contributed by atoms with E-state index >= 15 is 0 Å². The molecule has 2 aliphatic rings. The molecule has 0 aromatic heterocycles. The van der Waals surface area contributed by atoms with E-state index in [1.165, 1.54) is 24.1 Å². The maximum atomic E-state index is 13.5. The van der Waals surface area contributed by atoms with Crippen LogP contribution in [0.25, 0.3) is 11.1 Å². The quantitative estimate of drug-likeness (QED) is 0.243. The van der Waals surface area contributed by atoms with Crippen molar-refractivity contribution in [3.8, 4) is 11.1 Å². The van der Waals surface area contributed by atoms with Gasteiger partial charge in [0.15, 0.2) is 0 Å². The zero-order chi connectivity index (χ0) is 31.5. The van der Waals surface area contributed by atoms with E-state index < -0.39 is 41.5 Å². The second kappa shape index (κ2) is 12.3. The van der Waals surface area contributed by atoms with Gasteiger partial charge in [0, 0.05) is 19.0 Å². The number of carboxylic acid groups (broad SMARTS) is 1. The number of rotatable bonds is 6. The lowest BCUT2D eigenvalue weighted by molar-refractivity contribution is -0.192. The summed E-state index contributed by atoms with van der Waals surface area (Å²) in [5.41, 5.74) is 2.00. The molecule has 3 aromatic rings. The molecule has 12 heteroatoms. The number of alkyl halides is 3.